The van der Waals surface area contributed by atoms with Crippen molar-refractivity contribution in [1.82, 2.24) is 10.6 Å². The molecule has 0 atom stereocenters. The molecule has 0 fully saturated rings. The van der Waals surface area contributed by atoms with E-state index in [0.29, 0.717) is 11.3 Å². The Kier molecular flexibility index (Phi) is 5.36. The third-order valence-corrected chi connectivity index (χ3v) is 2.36. The Bertz CT molecular complexity index is 472. The normalized spacial score (nSPS) is 10.9. The van der Waals surface area contributed by atoms with Crippen LogP contribution in [-0.2, 0) is 4.79 Å². The molecule has 5 nitrogen and oxygen atoms in total. The summed E-state index contributed by atoms with van der Waals surface area (Å²) in [6.07, 6.45) is -4.68. The summed E-state index contributed by atoms with van der Waals surface area (Å²) in [6.45, 7) is -0.0122. The minimum atomic E-state index is -4.88. The van der Waals surface area contributed by atoms with Crippen LogP contribution in [0.15, 0.2) is 24.3 Å². The Morgan fingerprint density at radius 3 is 2.15 bits per heavy atom. The molecule has 0 heterocycles. The maximum atomic E-state index is 11.8. The predicted molar refractivity (Wildman–Crippen MR) is 66.9 cm³/mol. The molecular formula is C12H14F3N3O2. The number of hydrogen-bond acceptors (Lipinski definition) is 3. The van der Waals surface area contributed by atoms with Gasteiger partial charge in [-0.25, -0.2) is 0 Å². The summed E-state index contributed by atoms with van der Waals surface area (Å²) >= 11 is 0. The van der Waals surface area contributed by atoms with E-state index in [2.05, 4.69) is 5.32 Å². The molecule has 0 bridgehead atoms. The van der Waals surface area contributed by atoms with Crippen LogP contribution in [0.1, 0.15) is 16.8 Å². The second-order valence-corrected chi connectivity index (χ2v) is 3.99. The molecule has 0 saturated carbocycles. The molecule has 20 heavy (non-hydrogen) atoms. The highest BCUT2D eigenvalue weighted by atomic mass is 19.4. The van der Waals surface area contributed by atoms with Gasteiger partial charge in [-0.1, -0.05) is 0 Å². The summed E-state index contributed by atoms with van der Waals surface area (Å²) in [5, 5.41) is 4.23. The van der Waals surface area contributed by atoms with Crippen molar-refractivity contribution in [2.45, 2.75) is 12.6 Å². The van der Waals surface area contributed by atoms with Crippen LogP contribution in [0.25, 0.3) is 0 Å². The highest BCUT2D eigenvalue weighted by Gasteiger charge is 2.38. The zero-order valence-corrected chi connectivity index (χ0v) is 10.5. The van der Waals surface area contributed by atoms with Gasteiger partial charge in [0.1, 0.15) is 0 Å². The summed E-state index contributed by atoms with van der Waals surface area (Å²) in [5.74, 6) is -2.34. The van der Waals surface area contributed by atoms with Gasteiger partial charge in [0.05, 0.1) is 0 Å². The van der Waals surface area contributed by atoms with Gasteiger partial charge in [-0.3, -0.25) is 9.59 Å². The highest BCUT2D eigenvalue weighted by molar-refractivity contribution is 5.94. The van der Waals surface area contributed by atoms with E-state index in [1.54, 1.807) is 17.4 Å². The zero-order chi connectivity index (χ0) is 15.2. The van der Waals surface area contributed by atoms with Crippen LogP contribution < -0.4 is 16.4 Å². The Hall–Kier alpha value is -2.25. The van der Waals surface area contributed by atoms with Gasteiger partial charge >= 0.3 is 12.1 Å². The van der Waals surface area contributed by atoms with E-state index in [-0.39, 0.29) is 25.4 Å². The number of hydrogen-bond donors (Lipinski definition) is 3. The van der Waals surface area contributed by atoms with Crippen molar-refractivity contribution >= 4 is 17.5 Å². The lowest BCUT2D eigenvalue weighted by atomic mass is 10.2. The number of amides is 2. The largest absolute Gasteiger partial charge is 0.471 e. The summed E-state index contributed by atoms with van der Waals surface area (Å²) < 4.78 is 35.5. The smallest absolute Gasteiger partial charge is 0.399 e. The number of nitrogens with two attached hydrogens (primary N) is 1. The number of alkyl halides is 3. The van der Waals surface area contributed by atoms with Crippen LogP contribution in [0, 0.1) is 0 Å². The van der Waals surface area contributed by atoms with Crippen molar-refractivity contribution < 1.29 is 22.8 Å². The van der Waals surface area contributed by atoms with Gasteiger partial charge in [-0.15, -0.1) is 0 Å². The third-order valence-electron chi connectivity index (χ3n) is 2.36. The Balaban J connectivity index is 2.23. The minimum Gasteiger partial charge on any atom is -0.399 e. The second-order valence-electron chi connectivity index (χ2n) is 3.99. The van der Waals surface area contributed by atoms with Gasteiger partial charge in [0.15, 0.2) is 0 Å². The number of rotatable bonds is 5. The van der Waals surface area contributed by atoms with E-state index in [1.165, 1.54) is 12.1 Å². The topological polar surface area (TPSA) is 84.2 Å². The molecule has 1 aromatic rings. The molecular weight excluding hydrogens is 275 g/mol. The van der Waals surface area contributed by atoms with E-state index < -0.39 is 12.1 Å². The van der Waals surface area contributed by atoms with Gasteiger partial charge < -0.3 is 16.4 Å². The molecule has 1 aromatic carbocycles. The fourth-order valence-corrected chi connectivity index (χ4v) is 1.33. The monoisotopic (exact) mass is 289 g/mol. The molecule has 0 spiro atoms. The van der Waals surface area contributed by atoms with E-state index in [0.717, 1.165) is 0 Å². The van der Waals surface area contributed by atoms with Gasteiger partial charge in [0, 0.05) is 24.3 Å². The minimum absolute atomic E-state index is 0.154. The zero-order valence-electron chi connectivity index (χ0n) is 10.5. The summed E-state index contributed by atoms with van der Waals surface area (Å²) in [4.78, 5) is 22.1. The SMILES string of the molecule is Nc1ccc(C(=O)NCCCNC(=O)C(F)(F)F)cc1. The van der Waals surface area contributed by atoms with Crippen LogP contribution in [0.5, 0.6) is 0 Å². The van der Waals surface area contributed by atoms with Crippen LogP contribution in [0.2, 0.25) is 0 Å². The van der Waals surface area contributed by atoms with Gasteiger partial charge in [-0.05, 0) is 30.7 Å². The molecule has 8 heteroatoms. The fourth-order valence-electron chi connectivity index (χ4n) is 1.33. The number of benzene rings is 1. The van der Waals surface area contributed by atoms with Crippen LogP contribution in [0.3, 0.4) is 0 Å². The average molecular weight is 289 g/mol. The molecule has 0 aromatic heterocycles. The second kappa shape index (κ2) is 6.78. The first-order valence-electron chi connectivity index (χ1n) is 5.79. The lowest BCUT2D eigenvalue weighted by Crippen LogP contribution is -2.38. The van der Waals surface area contributed by atoms with Gasteiger partial charge in [-0.2, -0.15) is 13.2 Å². The molecule has 0 unspecified atom stereocenters. The van der Waals surface area contributed by atoms with E-state index in [4.69, 9.17) is 5.73 Å². The fraction of sp³-hybridized carbons (Fsp3) is 0.333. The predicted octanol–water partition coefficient (Wildman–Crippen LogP) is 1.07. The van der Waals surface area contributed by atoms with Crippen molar-refractivity contribution in [2.75, 3.05) is 18.8 Å². The van der Waals surface area contributed by atoms with Crippen molar-refractivity contribution in [2.24, 2.45) is 0 Å². The van der Waals surface area contributed by atoms with E-state index >= 15 is 0 Å². The van der Waals surface area contributed by atoms with E-state index in [1.807, 2.05) is 0 Å². The first-order valence-corrected chi connectivity index (χ1v) is 5.79. The molecule has 4 N–H and O–H groups in total. The van der Waals surface area contributed by atoms with Crippen molar-refractivity contribution in [3.05, 3.63) is 29.8 Å². The van der Waals surface area contributed by atoms with Gasteiger partial charge in [0.25, 0.3) is 5.91 Å². The molecule has 0 aliphatic heterocycles. The van der Waals surface area contributed by atoms with Crippen molar-refractivity contribution in [3.8, 4) is 0 Å². The maximum Gasteiger partial charge on any atom is 0.471 e. The standard InChI is InChI=1S/C12H14F3N3O2/c13-12(14,15)11(20)18-7-1-6-17-10(19)8-2-4-9(16)5-3-8/h2-5H,1,6-7,16H2,(H,17,19)(H,18,20). The Morgan fingerprint density at radius 2 is 1.60 bits per heavy atom. The molecule has 1 rings (SSSR count). The number of carbonyl (C=O) groups excluding carboxylic acids is 2. The number of anilines is 1. The Morgan fingerprint density at radius 1 is 1.05 bits per heavy atom. The van der Waals surface area contributed by atoms with Crippen LogP contribution >= 0.6 is 0 Å². The lowest BCUT2D eigenvalue weighted by Gasteiger charge is -2.08. The average Bonchev–Trinajstić information content (AvgIpc) is 2.37. The number of carbonyl (C=O) groups is 2. The summed E-state index contributed by atoms with van der Waals surface area (Å²) in [6, 6.07) is 6.21. The summed E-state index contributed by atoms with van der Waals surface area (Å²) in [5.41, 5.74) is 6.39. The van der Waals surface area contributed by atoms with Crippen molar-refractivity contribution in [1.29, 1.82) is 0 Å². The summed E-state index contributed by atoms with van der Waals surface area (Å²) in [7, 11) is 0. The lowest BCUT2D eigenvalue weighted by molar-refractivity contribution is -0.173. The molecule has 0 aliphatic rings. The Labute approximate surface area is 113 Å². The highest BCUT2D eigenvalue weighted by Crippen LogP contribution is 2.13. The van der Waals surface area contributed by atoms with Gasteiger partial charge in [0.2, 0.25) is 0 Å². The first-order chi connectivity index (χ1) is 9.30. The molecule has 2 amide bonds. The van der Waals surface area contributed by atoms with Crippen molar-refractivity contribution in [3.63, 3.8) is 0 Å². The van der Waals surface area contributed by atoms with E-state index in [9.17, 15) is 22.8 Å². The number of nitrogen functional groups attached to an aromatic ring is 1. The van der Waals surface area contributed by atoms with Crippen LogP contribution in [-0.4, -0.2) is 31.1 Å². The quantitative estimate of drug-likeness (QED) is 0.560. The molecule has 110 valence electrons. The molecule has 0 aliphatic carbocycles. The maximum absolute atomic E-state index is 11.8. The molecule has 0 radical (unpaired) electrons. The number of nitrogens with one attached hydrogen (secondary N) is 2. The third kappa shape index (κ3) is 5.17. The first kappa shape index (κ1) is 15.8. The molecule has 0 saturated heterocycles. The number of halogens is 3. The van der Waals surface area contributed by atoms with Crippen LogP contribution in [0.4, 0.5) is 18.9 Å².